The van der Waals surface area contributed by atoms with Crippen LogP contribution in [0.1, 0.15) is 28.9 Å². The van der Waals surface area contributed by atoms with Crippen molar-refractivity contribution >= 4 is 5.91 Å². The van der Waals surface area contributed by atoms with E-state index >= 15 is 0 Å². The number of amides is 1. The van der Waals surface area contributed by atoms with E-state index in [2.05, 4.69) is 16.5 Å². The highest BCUT2D eigenvalue weighted by atomic mass is 16.2. The van der Waals surface area contributed by atoms with Crippen LogP contribution in [0.5, 0.6) is 0 Å². The van der Waals surface area contributed by atoms with E-state index in [9.17, 15) is 4.79 Å². The van der Waals surface area contributed by atoms with Gasteiger partial charge in [-0.15, -0.1) is 0 Å². The summed E-state index contributed by atoms with van der Waals surface area (Å²) in [7, 11) is 3.46. The van der Waals surface area contributed by atoms with E-state index < -0.39 is 0 Å². The number of benzene rings is 1. The molecular formula is C16H20N4O. The Bertz CT molecular complexity index is 643. The highest BCUT2D eigenvalue weighted by Crippen LogP contribution is 2.21. The van der Waals surface area contributed by atoms with Gasteiger partial charge < -0.3 is 10.2 Å². The summed E-state index contributed by atoms with van der Waals surface area (Å²) in [6.07, 6.45) is 4.38. The first-order valence-corrected chi connectivity index (χ1v) is 7.24. The zero-order valence-corrected chi connectivity index (χ0v) is 12.4. The fourth-order valence-corrected chi connectivity index (χ4v) is 2.23. The Hall–Kier alpha value is -2.14. The lowest BCUT2D eigenvalue weighted by Crippen LogP contribution is -2.22. The highest BCUT2D eigenvalue weighted by Gasteiger charge is 2.20. The van der Waals surface area contributed by atoms with Crippen LogP contribution in [0.25, 0.3) is 5.69 Å². The molecule has 0 radical (unpaired) electrons. The van der Waals surface area contributed by atoms with Crippen molar-refractivity contribution in [3.8, 4) is 5.69 Å². The second-order valence-electron chi connectivity index (χ2n) is 5.63. The van der Waals surface area contributed by atoms with Gasteiger partial charge in [-0.2, -0.15) is 5.10 Å². The zero-order chi connectivity index (χ0) is 14.8. The van der Waals surface area contributed by atoms with Crippen molar-refractivity contribution in [1.29, 1.82) is 0 Å². The van der Waals surface area contributed by atoms with Crippen LogP contribution in [-0.4, -0.2) is 40.7 Å². The van der Waals surface area contributed by atoms with Crippen molar-refractivity contribution in [3.63, 3.8) is 0 Å². The summed E-state index contributed by atoms with van der Waals surface area (Å²) in [5.74, 6) is -0.0812. The number of rotatable bonds is 5. The average Bonchev–Trinajstić information content (AvgIpc) is 3.19. The third-order valence-electron chi connectivity index (χ3n) is 3.61. The van der Waals surface area contributed by atoms with Gasteiger partial charge in [0, 0.05) is 32.9 Å². The van der Waals surface area contributed by atoms with E-state index in [1.54, 1.807) is 24.8 Å². The maximum atomic E-state index is 11.9. The number of carbonyl (C=O) groups is 1. The molecule has 1 amide bonds. The monoisotopic (exact) mass is 284 g/mol. The van der Waals surface area contributed by atoms with Gasteiger partial charge in [-0.25, -0.2) is 4.68 Å². The van der Waals surface area contributed by atoms with Gasteiger partial charge in [0.25, 0.3) is 5.91 Å². The number of para-hydroxylation sites is 1. The molecule has 1 N–H and O–H groups in total. The van der Waals surface area contributed by atoms with E-state index in [0.29, 0.717) is 11.7 Å². The largest absolute Gasteiger partial charge is 0.343 e. The summed E-state index contributed by atoms with van der Waals surface area (Å²) in [6.45, 7) is 0.831. The predicted octanol–water partition coefficient (Wildman–Crippen LogP) is 1.83. The minimum Gasteiger partial charge on any atom is -0.343 e. The van der Waals surface area contributed by atoms with E-state index in [-0.39, 0.29) is 5.91 Å². The van der Waals surface area contributed by atoms with Crippen molar-refractivity contribution in [1.82, 2.24) is 20.0 Å². The SMILES string of the molecule is CN(C)C(=O)c1ccn(-c2ccccc2CNC2CC2)n1. The Kier molecular flexibility index (Phi) is 3.75. The maximum Gasteiger partial charge on any atom is 0.273 e. The Balaban J connectivity index is 1.84. The molecule has 1 aromatic carbocycles. The van der Waals surface area contributed by atoms with Gasteiger partial charge in [0.15, 0.2) is 5.69 Å². The molecule has 1 fully saturated rings. The lowest BCUT2D eigenvalue weighted by atomic mass is 10.2. The number of hydrogen-bond acceptors (Lipinski definition) is 3. The molecule has 0 atom stereocenters. The van der Waals surface area contributed by atoms with Crippen molar-refractivity contribution in [2.45, 2.75) is 25.4 Å². The molecule has 5 nitrogen and oxygen atoms in total. The van der Waals surface area contributed by atoms with Crippen molar-refractivity contribution in [2.75, 3.05) is 14.1 Å². The smallest absolute Gasteiger partial charge is 0.273 e. The van der Waals surface area contributed by atoms with Gasteiger partial charge in [-0.3, -0.25) is 4.79 Å². The number of hydrogen-bond donors (Lipinski definition) is 1. The summed E-state index contributed by atoms with van der Waals surface area (Å²) < 4.78 is 1.78. The van der Waals surface area contributed by atoms with Gasteiger partial charge in [0.2, 0.25) is 0 Å². The average molecular weight is 284 g/mol. The molecule has 5 heteroatoms. The molecule has 3 rings (SSSR count). The zero-order valence-electron chi connectivity index (χ0n) is 12.4. The lowest BCUT2D eigenvalue weighted by molar-refractivity contribution is 0.0821. The fourth-order valence-electron chi connectivity index (χ4n) is 2.23. The number of nitrogens with one attached hydrogen (secondary N) is 1. The summed E-state index contributed by atoms with van der Waals surface area (Å²) >= 11 is 0. The second-order valence-corrected chi connectivity index (χ2v) is 5.63. The van der Waals surface area contributed by atoms with Crippen LogP contribution in [0.15, 0.2) is 36.5 Å². The molecule has 0 saturated heterocycles. The van der Waals surface area contributed by atoms with E-state index in [1.807, 2.05) is 24.4 Å². The summed E-state index contributed by atoms with van der Waals surface area (Å²) in [6, 6.07) is 10.6. The number of carbonyl (C=O) groups excluding carboxylic acids is 1. The third kappa shape index (κ3) is 3.13. The van der Waals surface area contributed by atoms with Crippen LogP contribution in [0.3, 0.4) is 0 Å². The molecule has 0 spiro atoms. The topological polar surface area (TPSA) is 50.2 Å². The molecule has 1 heterocycles. The van der Waals surface area contributed by atoms with Crippen LogP contribution in [0.4, 0.5) is 0 Å². The summed E-state index contributed by atoms with van der Waals surface area (Å²) in [5, 5.41) is 7.92. The van der Waals surface area contributed by atoms with Crippen molar-refractivity contribution in [2.24, 2.45) is 0 Å². The van der Waals surface area contributed by atoms with Crippen LogP contribution in [0, 0.1) is 0 Å². The summed E-state index contributed by atoms with van der Waals surface area (Å²) in [4.78, 5) is 13.5. The fraction of sp³-hybridized carbons (Fsp3) is 0.375. The highest BCUT2D eigenvalue weighted by molar-refractivity contribution is 5.91. The molecule has 2 aromatic rings. The molecule has 0 unspecified atom stereocenters. The molecule has 1 aliphatic rings. The normalized spacial score (nSPS) is 14.2. The van der Waals surface area contributed by atoms with Crippen LogP contribution >= 0.6 is 0 Å². The lowest BCUT2D eigenvalue weighted by Gasteiger charge is -2.10. The van der Waals surface area contributed by atoms with Crippen LogP contribution < -0.4 is 5.32 Å². The minimum absolute atomic E-state index is 0.0812. The van der Waals surface area contributed by atoms with E-state index in [0.717, 1.165) is 12.2 Å². The van der Waals surface area contributed by atoms with Crippen LogP contribution in [0.2, 0.25) is 0 Å². The molecule has 0 bridgehead atoms. The van der Waals surface area contributed by atoms with Gasteiger partial charge in [0.05, 0.1) is 5.69 Å². The van der Waals surface area contributed by atoms with E-state index in [4.69, 9.17) is 0 Å². The molecule has 110 valence electrons. The first kappa shape index (κ1) is 13.8. The molecule has 0 aliphatic heterocycles. The van der Waals surface area contributed by atoms with Gasteiger partial charge in [-0.05, 0) is 30.5 Å². The molecular weight excluding hydrogens is 264 g/mol. The third-order valence-corrected chi connectivity index (χ3v) is 3.61. The molecule has 21 heavy (non-hydrogen) atoms. The first-order chi connectivity index (χ1) is 10.1. The number of nitrogens with zero attached hydrogens (tertiary/aromatic N) is 3. The van der Waals surface area contributed by atoms with E-state index in [1.165, 1.54) is 23.3 Å². The Morgan fingerprint density at radius 3 is 2.81 bits per heavy atom. The molecule has 1 aliphatic carbocycles. The number of aromatic nitrogens is 2. The molecule has 1 saturated carbocycles. The second kappa shape index (κ2) is 5.69. The quantitative estimate of drug-likeness (QED) is 0.911. The minimum atomic E-state index is -0.0812. The Morgan fingerprint density at radius 1 is 1.33 bits per heavy atom. The van der Waals surface area contributed by atoms with Crippen molar-refractivity contribution in [3.05, 3.63) is 47.8 Å². The van der Waals surface area contributed by atoms with Crippen molar-refractivity contribution < 1.29 is 4.79 Å². The Labute approximate surface area is 124 Å². The maximum absolute atomic E-state index is 11.9. The molecule has 1 aromatic heterocycles. The summed E-state index contributed by atoms with van der Waals surface area (Å²) in [5.41, 5.74) is 2.67. The predicted molar refractivity (Wildman–Crippen MR) is 81.4 cm³/mol. The van der Waals surface area contributed by atoms with Crippen LogP contribution in [-0.2, 0) is 6.54 Å². The Morgan fingerprint density at radius 2 is 2.10 bits per heavy atom. The first-order valence-electron chi connectivity index (χ1n) is 7.24. The van der Waals surface area contributed by atoms with Gasteiger partial charge in [0.1, 0.15) is 0 Å². The standard InChI is InChI=1S/C16H20N4O/c1-19(2)16(21)14-9-10-20(18-14)15-6-4-3-5-12(15)11-17-13-7-8-13/h3-6,9-10,13,17H,7-8,11H2,1-2H3. The van der Waals surface area contributed by atoms with Gasteiger partial charge in [-0.1, -0.05) is 18.2 Å². The van der Waals surface area contributed by atoms with Gasteiger partial charge >= 0.3 is 0 Å².